The Morgan fingerprint density at radius 1 is 1.30 bits per heavy atom. The first-order valence-electron chi connectivity index (χ1n) is 6.96. The lowest BCUT2D eigenvalue weighted by atomic mass is 10.2. The van der Waals surface area contributed by atoms with Crippen LogP contribution in [0.25, 0.3) is 0 Å². The zero-order valence-electron chi connectivity index (χ0n) is 13.4. The minimum atomic E-state index is -0.484. The Labute approximate surface area is 133 Å². The minimum Gasteiger partial charge on any atom is -0.465 e. The molecular weight excluding hydrogens is 300 g/mol. The molecule has 23 heavy (non-hydrogen) atoms. The van der Waals surface area contributed by atoms with Crippen LogP contribution in [0.1, 0.15) is 49.6 Å². The van der Waals surface area contributed by atoms with Gasteiger partial charge in [0.05, 0.1) is 13.7 Å². The number of hydrogen-bond donors (Lipinski definition) is 1. The Hall–Kier alpha value is -2.83. The second-order valence-corrected chi connectivity index (χ2v) is 5.19. The van der Waals surface area contributed by atoms with Crippen molar-refractivity contribution in [1.29, 1.82) is 0 Å². The number of aromatic nitrogens is 1. The molecule has 0 aliphatic heterocycles. The number of ketones is 1. The van der Waals surface area contributed by atoms with E-state index in [1.165, 1.54) is 31.2 Å². The lowest BCUT2D eigenvalue weighted by Crippen LogP contribution is -2.26. The molecule has 7 nitrogen and oxygen atoms in total. The number of carbonyl (C=O) groups excluding carboxylic acids is 3. The molecule has 0 atom stereocenters. The molecule has 2 aromatic rings. The SMILES string of the molecule is COC(=O)c1cc(CN(C)C(=O)c2cc(C(C)=O)c[nH]2)oc1C. The molecule has 0 radical (unpaired) electrons. The maximum absolute atomic E-state index is 12.3. The molecule has 2 rings (SSSR count). The number of H-pyrrole nitrogens is 1. The second kappa shape index (κ2) is 6.51. The summed E-state index contributed by atoms with van der Waals surface area (Å²) in [5.74, 6) is 0.0176. The van der Waals surface area contributed by atoms with Gasteiger partial charge in [-0.15, -0.1) is 0 Å². The number of nitrogens with zero attached hydrogens (tertiary/aromatic N) is 1. The van der Waals surface area contributed by atoms with E-state index in [-0.39, 0.29) is 18.2 Å². The predicted molar refractivity (Wildman–Crippen MR) is 81.4 cm³/mol. The third-order valence-electron chi connectivity index (χ3n) is 3.43. The van der Waals surface area contributed by atoms with E-state index in [0.29, 0.717) is 28.3 Å². The van der Waals surface area contributed by atoms with Crippen LogP contribution in [0.5, 0.6) is 0 Å². The van der Waals surface area contributed by atoms with Crippen molar-refractivity contribution < 1.29 is 23.5 Å². The minimum absolute atomic E-state index is 0.118. The Morgan fingerprint density at radius 3 is 2.57 bits per heavy atom. The van der Waals surface area contributed by atoms with Gasteiger partial charge in [0.25, 0.3) is 5.91 Å². The molecule has 0 saturated heterocycles. The molecular formula is C16H18N2O5. The summed E-state index contributed by atoms with van der Waals surface area (Å²) in [6.07, 6.45) is 1.50. The molecule has 0 fully saturated rings. The molecule has 2 heterocycles. The standard InChI is InChI=1S/C16H18N2O5/c1-9(19)11-5-14(17-7-11)15(20)18(3)8-12-6-13(10(2)23-12)16(21)22-4/h5-7,17H,8H2,1-4H3. The van der Waals surface area contributed by atoms with Crippen LogP contribution in [0.2, 0.25) is 0 Å². The van der Waals surface area contributed by atoms with Crippen LogP contribution in [0.3, 0.4) is 0 Å². The first-order valence-corrected chi connectivity index (χ1v) is 6.96. The van der Waals surface area contributed by atoms with Crippen LogP contribution in [-0.4, -0.2) is 41.7 Å². The van der Waals surface area contributed by atoms with Crippen LogP contribution in [0.15, 0.2) is 22.7 Å². The van der Waals surface area contributed by atoms with Crippen molar-refractivity contribution in [3.05, 3.63) is 46.7 Å². The summed E-state index contributed by atoms with van der Waals surface area (Å²) >= 11 is 0. The molecule has 0 unspecified atom stereocenters. The number of carbonyl (C=O) groups is 3. The number of rotatable bonds is 5. The molecule has 0 saturated carbocycles. The number of Topliss-reactive ketones (excluding diaryl/α,β-unsaturated/α-hetero) is 1. The third-order valence-corrected chi connectivity index (χ3v) is 3.43. The van der Waals surface area contributed by atoms with E-state index in [0.717, 1.165) is 0 Å². The van der Waals surface area contributed by atoms with Crippen molar-refractivity contribution in [2.75, 3.05) is 14.2 Å². The molecule has 0 bridgehead atoms. The highest BCUT2D eigenvalue weighted by atomic mass is 16.5. The number of hydrogen-bond acceptors (Lipinski definition) is 5. The Kier molecular flexibility index (Phi) is 4.68. The fourth-order valence-corrected chi connectivity index (χ4v) is 2.17. The zero-order chi connectivity index (χ0) is 17.1. The van der Waals surface area contributed by atoms with Crippen molar-refractivity contribution in [2.45, 2.75) is 20.4 Å². The zero-order valence-corrected chi connectivity index (χ0v) is 13.4. The number of methoxy groups -OCH3 is 1. The number of aryl methyl sites for hydroxylation is 1. The molecule has 0 aliphatic carbocycles. The highest BCUT2D eigenvalue weighted by molar-refractivity contribution is 5.99. The Bertz CT molecular complexity index is 756. The van der Waals surface area contributed by atoms with Crippen LogP contribution < -0.4 is 0 Å². The molecule has 1 amide bonds. The summed E-state index contributed by atoms with van der Waals surface area (Å²) in [5.41, 5.74) is 1.10. The van der Waals surface area contributed by atoms with Gasteiger partial charge in [-0.25, -0.2) is 4.79 Å². The van der Waals surface area contributed by atoms with E-state index in [1.807, 2.05) is 0 Å². The molecule has 0 spiro atoms. The average molecular weight is 318 g/mol. The number of amides is 1. The van der Waals surface area contributed by atoms with Gasteiger partial charge < -0.3 is 19.0 Å². The number of ether oxygens (including phenoxy) is 1. The van der Waals surface area contributed by atoms with Crippen molar-refractivity contribution in [3.8, 4) is 0 Å². The first kappa shape index (κ1) is 16.5. The summed E-state index contributed by atoms with van der Waals surface area (Å²) in [4.78, 5) is 39.3. The van der Waals surface area contributed by atoms with E-state index >= 15 is 0 Å². The van der Waals surface area contributed by atoms with E-state index in [9.17, 15) is 14.4 Å². The maximum atomic E-state index is 12.3. The topological polar surface area (TPSA) is 92.6 Å². The highest BCUT2D eigenvalue weighted by Gasteiger charge is 2.19. The van der Waals surface area contributed by atoms with Gasteiger partial charge in [-0.2, -0.15) is 0 Å². The second-order valence-electron chi connectivity index (χ2n) is 5.19. The first-order chi connectivity index (χ1) is 10.8. The van der Waals surface area contributed by atoms with Gasteiger partial charge in [0.15, 0.2) is 5.78 Å². The number of furan rings is 1. The normalized spacial score (nSPS) is 10.4. The molecule has 1 N–H and O–H groups in total. The number of nitrogens with one attached hydrogen (secondary N) is 1. The van der Waals surface area contributed by atoms with E-state index in [4.69, 9.17) is 4.42 Å². The quantitative estimate of drug-likeness (QED) is 0.674. The molecule has 2 aromatic heterocycles. The summed E-state index contributed by atoms with van der Waals surface area (Å²) in [5, 5.41) is 0. The van der Waals surface area contributed by atoms with Crippen molar-refractivity contribution in [3.63, 3.8) is 0 Å². The average Bonchev–Trinajstić information content (AvgIpc) is 3.12. The number of esters is 1. The summed E-state index contributed by atoms with van der Waals surface area (Å²) < 4.78 is 10.1. The van der Waals surface area contributed by atoms with E-state index in [2.05, 4.69) is 9.72 Å². The van der Waals surface area contributed by atoms with Crippen LogP contribution in [0, 0.1) is 6.92 Å². The van der Waals surface area contributed by atoms with E-state index < -0.39 is 5.97 Å². The lowest BCUT2D eigenvalue weighted by molar-refractivity contribution is 0.0598. The van der Waals surface area contributed by atoms with Crippen molar-refractivity contribution in [2.24, 2.45) is 0 Å². The summed E-state index contributed by atoms with van der Waals surface area (Å²) in [7, 11) is 2.90. The Morgan fingerprint density at radius 2 is 2.00 bits per heavy atom. The summed E-state index contributed by atoms with van der Waals surface area (Å²) in [6, 6.07) is 3.06. The highest BCUT2D eigenvalue weighted by Crippen LogP contribution is 2.18. The van der Waals surface area contributed by atoms with E-state index in [1.54, 1.807) is 20.0 Å². The van der Waals surface area contributed by atoms with Gasteiger partial charge in [0.1, 0.15) is 22.8 Å². The predicted octanol–water partition coefficient (Wildman–Crippen LogP) is 2.18. The van der Waals surface area contributed by atoms with Crippen molar-refractivity contribution in [1.82, 2.24) is 9.88 Å². The third kappa shape index (κ3) is 3.50. The van der Waals surface area contributed by atoms with Crippen LogP contribution in [0.4, 0.5) is 0 Å². The molecule has 0 aliphatic rings. The van der Waals surface area contributed by atoms with Gasteiger partial charge in [-0.1, -0.05) is 0 Å². The fourth-order valence-electron chi connectivity index (χ4n) is 2.17. The maximum Gasteiger partial charge on any atom is 0.341 e. The summed E-state index contributed by atoms with van der Waals surface area (Å²) in [6.45, 7) is 3.27. The van der Waals surface area contributed by atoms with Gasteiger partial charge in [0, 0.05) is 18.8 Å². The molecule has 7 heteroatoms. The fraction of sp³-hybridized carbons (Fsp3) is 0.312. The molecule has 122 valence electrons. The van der Waals surface area contributed by atoms with Crippen LogP contribution in [-0.2, 0) is 11.3 Å². The Balaban J connectivity index is 2.11. The van der Waals surface area contributed by atoms with Crippen LogP contribution >= 0.6 is 0 Å². The smallest absolute Gasteiger partial charge is 0.341 e. The molecule has 0 aromatic carbocycles. The van der Waals surface area contributed by atoms with Gasteiger partial charge in [0.2, 0.25) is 0 Å². The van der Waals surface area contributed by atoms with Gasteiger partial charge in [-0.05, 0) is 26.0 Å². The van der Waals surface area contributed by atoms with Crippen molar-refractivity contribution >= 4 is 17.7 Å². The van der Waals surface area contributed by atoms with Gasteiger partial charge in [-0.3, -0.25) is 9.59 Å². The number of aromatic amines is 1. The monoisotopic (exact) mass is 318 g/mol. The largest absolute Gasteiger partial charge is 0.465 e. The lowest BCUT2D eigenvalue weighted by Gasteiger charge is -2.14. The van der Waals surface area contributed by atoms with Gasteiger partial charge >= 0.3 is 5.97 Å².